The molecule has 1 aliphatic rings. The molecular formula is C9H10BrN3O. The van der Waals surface area contributed by atoms with Crippen LogP contribution in [0.5, 0.6) is 0 Å². The highest BCUT2D eigenvalue weighted by molar-refractivity contribution is 9.09. The molecule has 2 heterocycles. The molecule has 4 nitrogen and oxygen atoms in total. The lowest BCUT2D eigenvalue weighted by molar-refractivity contribution is 0.0793. The SMILES string of the molecule is O=C(c1ccnnc1)N1CCC(Br)C1. The highest BCUT2D eigenvalue weighted by Gasteiger charge is 2.25. The van der Waals surface area contributed by atoms with Gasteiger partial charge in [0.2, 0.25) is 0 Å². The van der Waals surface area contributed by atoms with Gasteiger partial charge in [-0.1, -0.05) is 15.9 Å². The van der Waals surface area contributed by atoms with Crippen LogP contribution in [0.3, 0.4) is 0 Å². The lowest BCUT2D eigenvalue weighted by atomic mass is 10.3. The number of carbonyl (C=O) groups excluding carboxylic acids is 1. The molecule has 0 saturated carbocycles. The molecule has 1 fully saturated rings. The summed E-state index contributed by atoms with van der Waals surface area (Å²) in [5, 5.41) is 7.33. The number of rotatable bonds is 1. The average Bonchev–Trinajstić information content (AvgIpc) is 2.65. The summed E-state index contributed by atoms with van der Waals surface area (Å²) in [6.45, 7) is 1.60. The molecule has 0 bridgehead atoms. The van der Waals surface area contributed by atoms with E-state index in [1.807, 2.05) is 4.90 Å². The van der Waals surface area contributed by atoms with Crippen molar-refractivity contribution in [1.82, 2.24) is 15.1 Å². The molecular weight excluding hydrogens is 246 g/mol. The predicted octanol–water partition coefficient (Wildman–Crippen LogP) is 1.09. The molecule has 1 aromatic heterocycles. The van der Waals surface area contributed by atoms with Gasteiger partial charge in [-0.05, 0) is 12.5 Å². The molecule has 1 aromatic rings. The zero-order valence-electron chi connectivity index (χ0n) is 7.56. The molecule has 1 saturated heterocycles. The topological polar surface area (TPSA) is 46.1 Å². The minimum Gasteiger partial charge on any atom is -0.337 e. The first-order valence-corrected chi connectivity index (χ1v) is 5.39. The Morgan fingerprint density at radius 3 is 3.00 bits per heavy atom. The molecule has 0 N–H and O–H groups in total. The maximum Gasteiger partial charge on any atom is 0.255 e. The third-order valence-corrected chi connectivity index (χ3v) is 3.00. The van der Waals surface area contributed by atoms with Gasteiger partial charge in [-0.2, -0.15) is 10.2 Å². The molecule has 1 atom stereocenters. The van der Waals surface area contributed by atoms with Crippen LogP contribution in [0.25, 0.3) is 0 Å². The standard InChI is InChI=1S/C9H10BrN3O/c10-8-2-4-13(6-8)9(14)7-1-3-11-12-5-7/h1,3,5,8H,2,4,6H2. The van der Waals surface area contributed by atoms with Crippen molar-refractivity contribution in [2.24, 2.45) is 0 Å². The van der Waals surface area contributed by atoms with Crippen LogP contribution in [-0.2, 0) is 0 Å². The van der Waals surface area contributed by atoms with Gasteiger partial charge in [0.1, 0.15) is 0 Å². The summed E-state index contributed by atoms with van der Waals surface area (Å²) < 4.78 is 0. The summed E-state index contributed by atoms with van der Waals surface area (Å²) >= 11 is 3.50. The fourth-order valence-corrected chi connectivity index (χ4v) is 2.06. The summed E-state index contributed by atoms with van der Waals surface area (Å²) in [6, 6.07) is 1.69. The van der Waals surface area contributed by atoms with Crippen LogP contribution in [0.15, 0.2) is 18.5 Å². The molecule has 0 spiro atoms. The number of hydrogen-bond donors (Lipinski definition) is 0. The van der Waals surface area contributed by atoms with Crippen LogP contribution in [0.2, 0.25) is 0 Å². The van der Waals surface area contributed by atoms with E-state index in [1.54, 1.807) is 6.07 Å². The van der Waals surface area contributed by atoms with Crippen LogP contribution in [0.1, 0.15) is 16.8 Å². The van der Waals surface area contributed by atoms with Gasteiger partial charge in [0.05, 0.1) is 18.0 Å². The van der Waals surface area contributed by atoms with Gasteiger partial charge in [-0.25, -0.2) is 0 Å². The van der Waals surface area contributed by atoms with Gasteiger partial charge in [0.15, 0.2) is 0 Å². The van der Waals surface area contributed by atoms with Gasteiger partial charge in [-0.15, -0.1) is 0 Å². The molecule has 1 aliphatic heterocycles. The Labute approximate surface area is 90.4 Å². The number of likely N-dealkylation sites (tertiary alicyclic amines) is 1. The summed E-state index contributed by atoms with van der Waals surface area (Å²) in [4.78, 5) is 14.1. The molecule has 1 unspecified atom stereocenters. The second-order valence-corrected chi connectivity index (χ2v) is 4.56. The number of alkyl halides is 1. The van der Waals surface area contributed by atoms with E-state index in [2.05, 4.69) is 26.1 Å². The first-order valence-electron chi connectivity index (χ1n) is 4.47. The van der Waals surface area contributed by atoms with Gasteiger partial charge in [0.25, 0.3) is 5.91 Å². The van der Waals surface area contributed by atoms with Crippen LogP contribution in [-0.4, -0.2) is 38.9 Å². The number of carbonyl (C=O) groups is 1. The fraction of sp³-hybridized carbons (Fsp3) is 0.444. The number of halogens is 1. The summed E-state index contributed by atoms with van der Waals surface area (Å²) in [6.07, 6.45) is 4.06. The second-order valence-electron chi connectivity index (χ2n) is 3.27. The highest BCUT2D eigenvalue weighted by atomic mass is 79.9. The third-order valence-electron chi connectivity index (χ3n) is 2.25. The van der Waals surface area contributed by atoms with Crippen molar-refractivity contribution in [3.05, 3.63) is 24.0 Å². The van der Waals surface area contributed by atoms with Crippen LogP contribution in [0.4, 0.5) is 0 Å². The predicted molar refractivity (Wildman–Crippen MR) is 55.3 cm³/mol. The Hall–Kier alpha value is -0.970. The molecule has 5 heteroatoms. The Kier molecular flexibility index (Phi) is 2.77. The van der Waals surface area contributed by atoms with E-state index in [-0.39, 0.29) is 5.91 Å². The molecule has 74 valence electrons. The van der Waals surface area contributed by atoms with E-state index in [4.69, 9.17) is 0 Å². The normalized spacial score (nSPS) is 21.2. The van der Waals surface area contributed by atoms with Crippen LogP contribution in [0, 0.1) is 0 Å². The third kappa shape index (κ3) is 1.92. The van der Waals surface area contributed by atoms with Crippen molar-refractivity contribution in [3.8, 4) is 0 Å². The van der Waals surface area contributed by atoms with Crippen LogP contribution >= 0.6 is 15.9 Å². The van der Waals surface area contributed by atoms with Crippen molar-refractivity contribution in [3.63, 3.8) is 0 Å². The van der Waals surface area contributed by atoms with Gasteiger partial charge < -0.3 is 4.90 Å². The molecule has 14 heavy (non-hydrogen) atoms. The summed E-state index contributed by atoms with van der Waals surface area (Å²) in [7, 11) is 0. The fourth-order valence-electron chi connectivity index (χ4n) is 1.50. The average molecular weight is 256 g/mol. The quantitative estimate of drug-likeness (QED) is 0.706. The summed E-state index contributed by atoms with van der Waals surface area (Å²) in [5.41, 5.74) is 0.613. The molecule has 0 aliphatic carbocycles. The largest absolute Gasteiger partial charge is 0.337 e. The van der Waals surface area contributed by atoms with E-state index in [9.17, 15) is 4.79 Å². The number of hydrogen-bond acceptors (Lipinski definition) is 3. The maximum atomic E-state index is 11.8. The van der Waals surface area contributed by atoms with Gasteiger partial charge >= 0.3 is 0 Å². The highest BCUT2D eigenvalue weighted by Crippen LogP contribution is 2.18. The van der Waals surface area contributed by atoms with E-state index in [0.717, 1.165) is 19.5 Å². The zero-order valence-corrected chi connectivity index (χ0v) is 9.14. The van der Waals surface area contributed by atoms with Crippen molar-refractivity contribution < 1.29 is 4.79 Å². The lowest BCUT2D eigenvalue weighted by Crippen LogP contribution is -2.28. The Morgan fingerprint density at radius 1 is 1.57 bits per heavy atom. The first-order chi connectivity index (χ1) is 6.77. The number of aromatic nitrogens is 2. The Bertz CT molecular complexity index is 330. The monoisotopic (exact) mass is 255 g/mol. The first kappa shape index (κ1) is 9.58. The second kappa shape index (κ2) is 4.04. The van der Waals surface area contributed by atoms with Crippen molar-refractivity contribution in [1.29, 1.82) is 0 Å². The lowest BCUT2D eigenvalue weighted by Gasteiger charge is -2.14. The van der Waals surface area contributed by atoms with E-state index < -0.39 is 0 Å². The minimum atomic E-state index is 0.0434. The Morgan fingerprint density at radius 2 is 2.43 bits per heavy atom. The van der Waals surface area contributed by atoms with Crippen LogP contribution < -0.4 is 0 Å². The van der Waals surface area contributed by atoms with Crippen molar-refractivity contribution in [2.45, 2.75) is 11.2 Å². The summed E-state index contributed by atoms with van der Waals surface area (Å²) in [5.74, 6) is 0.0434. The smallest absolute Gasteiger partial charge is 0.255 e. The Balaban J connectivity index is 2.10. The molecule has 0 aromatic carbocycles. The molecule has 0 radical (unpaired) electrons. The molecule has 2 rings (SSSR count). The van der Waals surface area contributed by atoms with E-state index in [0.29, 0.717) is 10.4 Å². The molecule has 1 amide bonds. The van der Waals surface area contributed by atoms with Crippen molar-refractivity contribution >= 4 is 21.8 Å². The zero-order chi connectivity index (χ0) is 9.97. The van der Waals surface area contributed by atoms with Gasteiger partial charge in [-0.3, -0.25) is 4.79 Å². The number of amides is 1. The number of nitrogens with zero attached hydrogens (tertiary/aromatic N) is 3. The minimum absolute atomic E-state index is 0.0434. The maximum absolute atomic E-state index is 11.8. The van der Waals surface area contributed by atoms with Crippen molar-refractivity contribution in [2.75, 3.05) is 13.1 Å². The van der Waals surface area contributed by atoms with Gasteiger partial charge in [0, 0.05) is 17.9 Å². The van der Waals surface area contributed by atoms with E-state index in [1.165, 1.54) is 12.4 Å². The van der Waals surface area contributed by atoms with E-state index >= 15 is 0 Å².